The topological polar surface area (TPSA) is 97.8 Å². The van der Waals surface area contributed by atoms with Crippen molar-refractivity contribution in [1.29, 1.82) is 0 Å². The van der Waals surface area contributed by atoms with E-state index in [4.69, 9.17) is 21.1 Å². The van der Waals surface area contributed by atoms with Gasteiger partial charge in [0.1, 0.15) is 6.61 Å². The third kappa shape index (κ3) is 6.90. The molecule has 2 amide bonds. The maximum absolute atomic E-state index is 12.3. The van der Waals surface area contributed by atoms with Gasteiger partial charge in [-0.25, -0.2) is 14.6 Å². The van der Waals surface area contributed by atoms with Gasteiger partial charge in [-0.15, -0.1) is 0 Å². The highest BCUT2D eigenvalue weighted by molar-refractivity contribution is 7.22. The van der Waals surface area contributed by atoms with E-state index in [9.17, 15) is 14.4 Å². The number of nitrogens with one attached hydrogen (secondary N) is 1. The quantitative estimate of drug-likeness (QED) is 0.435. The van der Waals surface area contributed by atoms with E-state index in [1.54, 1.807) is 38.2 Å². The number of carbonyl (C=O) groups is 3. The smallest absolute Gasteiger partial charge is 0.413 e. The highest BCUT2D eigenvalue weighted by Crippen LogP contribution is 2.27. The summed E-state index contributed by atoms with van der Waals surface area (Å²) in [5, 5.41) is 3.56. The summed E-state index contributed by atoms with van der Waals surface area (Å²) in [5.74, 6) is -0.477. The Morgan fingerprint density at radius 3 is 2.70 bits per heavy atom. The van der Waals surface area contributed by atoms with Crippen molar-refractivity contribution >= 4 is 56.3 Å². The number of anilines is 1. The largest absolute Gasteiger partial charge is 0.462 e. The molecule has 33 heavy (non-hydrogen) atoms. The molecule has 0 unspecified atom stereocenters. The molecule has 2 aromatic carbocycles. The van der Waals surface area contributed by atoms with Gasteiger partial charge in [-0.1, -0.05) is 41.1 Å². The number of rotatable bonds is 9. The van der Waals surface area contributed by atoms with Crippen LogP contribution in [0.5, 0.6) is 0 Å². The number of fused-ring (bicyclic) bond motifs is 1. The van der Waals surface area contributed by atoms with Crippen LogP contribution in [0.4, 0.5) is 9.93 Å². The van der Waals surface area contributed by atoms with E-state index in [1.165, 1.54) is 16.2 Å². The molecule has 0 bridgehead atoms. The Balaban J connectivity index is 1.44. The Morgan fingerprint density at radius 1 is 1.15 bits per heavy atom. The molecule has 1 N–H and O–H groups in total. The van der Waals surface area contributed by atoms with Crippen LogP contribution in [0.15, 0.2) is 42.5 Å². The Hall–Kier alpha value is -3.17. The van der Waals surface area contributed by atoms with Gasteiger partial charge in [-0.3, -0.25) is 10.1 Å². The van der Waals surface area contributed by atoms with Gasteiger partial charge in [0, 0.05) is 18.5 Å². The van der Waals surface area contributed by atoms with Crippen molar-refractivity contribution in [3.63, 3.8) is 0 Å². The number of aromatic nitrogens is 1. The van der Waals surface area contributed by atoms with Gasteiger partial charge in [-0.05, 0) is 43.2 Å². The van der Waals surface area contributed by atoms with Gasteiger partial charge >= 0.3 is 12.1 Å². The number of thiazole rings is 1. The zero-order valence-electron chi connectivity index (χ0n) is 18.3. The van der Waals surface area contributed by atoms with Crippen molar-refractivity contribution in [1.82, 2.24) is 9.88 Å². The van der Waals surface area contributed by atoms with Crippen LogP contribution in [-0.4, -0.2) is 54.7 Å². The molecule has 0 spiro atoms. The van der Waals surface area contributed by atoms with E-state index < -0.39 is 12.1 Å². The van der Waals surface area contributed by atoms with Crippen LogP contribution in [0.3, 0.4) is 0 Å². The second-order valence-corrected chi connectivity index (χ2v) is 8.53. The minimum atomic E-state index is -0.670. The molecule has 0 aliphatic heterocycles. The minimum absolute atomic E-state index is 0.0398. The zero-order chi connectivity index (χ0) is 23.8. The average molecular weight is 490 g/mol. The van der Waals surface area contributed by atoms with E-state index in [0.29, 0.717) is 40.7 Å². The molecular formula is C23H24ClN3O5S. The number of benzene rings is 2. The third-order valence-corrected chi connectivity index (χ3v) is 6.06. The molecular weight excluding hydrogens is 466 g/mol. The van der Waals surface area contributed by atoms with Crippen molar-refractivity contribution in [2.75, 3.05) is 32.1 Å². The highest BCUT2D eigenvalue weighted by Gasteiger charge is 2.14. The van der Waals surface area contributed by atoms with Gasteiger partial charge in [0.2, 0.25) is 5.91 Å². The summed E-state index contributed by atoms with van der Waals surface area (Å²) in [4.78, 5) is 42.1. The van der Waals surface area contributed by atoms with Gasteiger partial charge in [0.25, 0.3) is 0 Å². The van der Waals surface area contributed by atoms with Crippen LogP contribution >= 0.6 is 22.9 Å². The molecule has 0 atom stereocenters. The number of aryl methyl sites for hydroxylation is 1. The first-order valence-electron chi connectivity index (χ1n) is 10.4. The fourth-order valence-electron chi connectivity index (χ4n) is 2.98. The lowest BCUT2D eigenvalue weighted by Gasteiger charge is -2.17. The molecule has 0 saturated carbocycles. The monoisotopic (exact) mass is 489 g/mol. The molecule has 0 aliphatic carbocycles. The first kappa shape index (κ1) is 24.5. The number of amides is 2. The maximum Gasteiger partial charge on any atom is 0.413 e. The zero-order valence-corrected chi connectivity index (χ0v) is 19.9. The summed E-state index contributed by atoms with van der Waals surface area (Å²) in [6, 6.07) is 12.4. The molecule has 1 aromatic heterocycles. The Labute approximate surface area is 200 Å². The SMILES string of the molecule is CCOC(=O)c1ccc2nc(NC(=O)OCCN(C)C(=O)CCc3ccccc3Cl)sc2c1. The summed E-state index contributed by atoms with van der Waals surface area (Å²) < 4.78 is 10.9. The van der Waals surface area contributed by atoms with E-state index in [2.05, 4.69) is 10.3 Å². The van der Waals surface area contributed by atoms with Crippen molar-refractivity contribution in [3.05, 3.63) is 58.6 Å². The molecule has 10 heteroatoms. The lowest BCUT2D eigenvalue weighted by atomic mass is 10.1. The summed E-state index contributed by atoms with van der Waals surface area (Å²) in [7, 11) is 1.66. The van der Waals surface area contributed by atoms with E-state index in [-0.39, 0.29) is 19.1 Å². The second kappa shape index (κ2) is 11.6. The normalized spacial score (nSPS) is 10.6. The Bertz CT molecular complexity index is 1150. The molecule has 0 radical (unpaired) electrons. The molecule has 3 aromatic rings. The third-order valence-electron chi connectivity index (χ3n) is 4.76. The molecule has 3 rings (SSSR count). The van der Waals surface area contributed by atoms with Crippen LogP contribution in [0.1, 0.15) is 29.3 Å². The van der Waals surface area contributed by atoms with Gasteiger partial charge < -0.3 is 14.4 Å². The summed E-state index contributed by atoms with van der Waals surface area (Å²) in [5.41, 5.74) is 1.98. The van der Waals surface area contributed by atoms with Crippen LogP contribution < -0.4 is 5.32 Å². The first-order valence-corrected chi connectivity index (χ1v) is 11.6. The van der Waals surface area contributed by atoms with Crippen molar-refractivity contribution in [2.45, 2.75) is 19.8 Å². The summed E-state index contributed by atoms with van der Waals surface area (Å²) in [6.45, 7) is 2.33. The minimum Gasteiger partial charge on any atom is -0.462 e. The molecule has 0 fully saturated rings. The fraction of sp³-hybridized carbons (Fsp3) is 0.304. The van der Waals surface area contributed by atoms with E-state index in [1.807, 2.05) is 18.2 Å². The predicted octanol–water partition coefficient (Wildman–Crippen LogP) is 4.77. The number of carbonyl (C=O) groups excluding carboxylic acids is 3. The van der Waals surface area contributed by atoms with E-state index >= 15 is 0 Å². The van der Waals surface area contributed by atoms with Crippen LogP contribution in [0.2, 0.25) is 5.02 Å². The molecule has 1 heterocycles. The van der Waals surface area contributed by atoms with Gasteiger partial charge in [0.15, 0.2) is 5.13 Å². The number of esters is 1. The number of halogens is 1. The van der Waals surface area contributed by atoms with E-state index in [0.717, 1.165) is 10.3 Å². The van der Waals surface area contributed by atoms with Crippen LogP contribution in [0, 0.1) is 0 Å². The maximum atomic E-state index is 12.3. The lowest BCUT2D eigenvalue weighted by molar-refractivity contribution is -0.130. The number of hydrogen-bond acceptors (Lipinski definition) is 7. The van der Waals surface area contributed by atoms with Crippen LogP contribution in [0.25, 0.3) is 10.2 Å². The summed E-state index contributed by atoms with van der Waals surface area (Å²) in [6.07, 6.45) is 0.183. The average Bonchev–Trinajstić information content (AvgIpc) is 3.19. The highest BCUT2D eigenvalue weighted by atomic mass is 35.5. The molecule has 0 saturated heterocycles. The fourth-order valence-corrected chi connectivity index (χ4v) is 4.10. The first-order chi connectivity index (χ1) is 15.9. The van der Waals surface area contributed by atoms with Crippen molar-refractivity contribution in [3.8, 4) is 0 Å². The van der Waals surface area contributed by atoms with Gasteiger partial charge in [-0.2, -0.15) is 0 Å². The standard InChI is InChI=1S/C23H24ClN3O5S/c1-3-31-21(29)16-8-10-18-19(14-16)33-22(25-18)26-23(30)32-13-12-27(2)20(28)11-9-15-6-4-5-7-17(15)24/h4-8,10,14H,3,9,11-13H2,1-2H3,(H,25,26,30). The number of nitrogens with zero attached hydrogens (tertiary/aromatic N) is 2. The second-order valence-electron chi connectivity index (χ2n) is 7.09. The molecule has 8 nitrogen and oxygen atoms in total. The number of hydrogen-bond donors (Lipinski definition) is 1. The number of ether oxygens (including phenoxy) is 2. The van der Waals surface area contributed by atoms with Gasteiger partial charge in [0.05, 0.1) is 28.9 Å². The lowest BCUT2D eigenvalue weighted by Crippen LogP contribution is -2.31. The Morgan fingerprint density at radius 2 is 1.94 bits per heavy atom. The molecule has 174 valence electrons. The van der Waals surface area contributed by atoms with Crippen molar-refractivity contribution < 1.29 is 23.9 Å². The predicted molar refractivity (Wildman–Crippen MR) is 128 cm³/mol. The van der Waals surface area contributed by atoms with Crippen LogP contribution in [-0.2, 0) is 20.7 Å². The summed E-state index contributed by atoms with van der Waals surface area (Å²) >= 11 is 7.34. The number of likely N-dealkylation sites (N-methyl/N-ethyl adjacent to an activating group) is 1. The van der Waals surface area contributed by atoms with Crippen molar-refractivity contribution in [2.24, 2.45) is 0 Å². The molecule has 0 aliphatic rings. The Kier molecular flexibility index (Phi) is 8.62.